The number of rotatable bonds is 6. The minimum absolute atomic E-state index is 0.0564. The number of thiophene rings is 1. The second-order valence-corrected chi connectivity index (χ2v) is 6.35. The van der Waals surface area contributed by atoms with E-state index in [2.05, 4.69) is 47.3 Å². The molecule has 0 bridgehead atoms. The summed E-state index contributed by atoms with van der Waals surface area (Å²) in [5, 5.41) is 7.19. The molecule has 2 aromatic rings. The van der Waals surface area contributed by atoms with E-state index in [9.17, 15) is 4.79 Å². The summed E-state index contributed by atoms with van der Waals surface area (Å²) in [6, 6.07) is 10.5. The van der Waals surface area contributed by atoms with Gasteiger partial charge in [-0.25, -0.2) is 0 Å². The van der Waals surface area contributed by atoms with Crippen LogP contribution in [0.4, 0.5) is 0 Å². The van der Waals surface area contributed by atoms with Gasteiger partial charge in [0.25, 0.3) is 0 Å². The van der Waals surface area contributed by atoms with Gasteiger partial charge >= 0.3 is 0 Å². The van der Waals surface area contributed by atoms with Gasteiger partial charge < -0.3 is 5.32 Å². The minimum atomic E-state index is 0.0564. The van der Waals surface area contributed by atoms with E-state index in [4.69, 9.17) is 0 Å². The highest BCUT2D eigenvalue weighted by Gasteiger charge is 2.09. The maximum Gasteiger partial charge on any atom is 0.220 e. The molecule has 1 amide bonds. The third kappa shape index (κ3) is 4.39. The Labute approximate surface area is 128 Å². The number of benzene rings is 1. The molecule has 2 rings (SSSR count). The van der Waals surface area contributed by atoms with Crippen LogP contribution < -0.4 is 5.32 Å². The van der Waals surface area contributed by atoms with Gasteiger partial charge in [-0.15, -0.1) is 11.8 Å². The van der Waals surface area contributed by atoms with Crippen molar-refractivity contribution in [3.63, 3.8) is 0 Å². The first-order chi connectivity index (χ1) is 9.69. The van der Waals surface area contributed by atoms with Gasteiger partial charge in [0.15, 0.2) is 0 Å². The maximum absolute atomic E-state index is 11.9. The normalized spacial score (nSPS) is 12.1. The first-order valence-corrected chi connectivity index (χ1v) is 8.80. The van der Waals surface area contributed by atoms with E-state index < -0.39 is 0 Å². The van der Waals surface area contributed by atoms with Crippen molar-refractivity contribution >= 4 is 29.0 Å². The van der Waals surface area contributed by atoms with Crippen LogP contribution >= 0.6 is 23.1 Å². The molecule has 1 aromatic heterocycles. The van der Waals surface area contributed by atoms with E-state index in [-0.39, 0.29) is 11.9 Å². The van der Waals surface area contributed by atoms with Crippen molar-refractivity contribution in [3.8, 4) is 0 Å². The van der Waals surface area contributed by atoms with Gasteiger partial charge in [0, 0.05) is 11.3 Å². The average molecular weight is 305 g/mol. The summed E-state index contributed by atoms with van der Waals surface area (Å²) in [6.07, 6.45) is 3.42. The Balaban J connectivity index is 1.83. The number of aryl methyl sites for hydroxylation is 1. The average Bonchev–Trinajstić information content (AvgIpc) is 2.98. The van der Waals surface area contributed by atoms with Crippen molar-refractivity contribution in [1.29, 1.82) is 0 Å². The lowest BCUT2D eigenvalue weighted by Gasteiger charge is -2.14. The summed E-state index contributed by atoms with van der Waals surface area (Å²) in [6.45, 7) is 2.02. The zero-order chi connectivity index (χ0) is 14.4. The summed E-state index contributed by atoms with van der Waals surface area (Å²) in [5.74, 6) is 0.109. The van der Waals surface area contributed by atoms with Crippen LogP contribution in [0.5, 0.6) is 0 Å². The molecule has 1 heterocycles. The van der Waals surface area contributed by atoms with Crippen molar-refractivity contribution in [1.82, 2.24) is 5.32 Å². The lowest BCUT2D eigenvalue weighted by Crippen LogP contribution is -2.26. The highest BCUT2D eigenvalue weighted by atomic mass is 32.2. The Morgan fingerprint density at radius 1 is 1.30 bits per heavy atom. The third-order valence-electron chi connectivity index (χ3n) is 3.21. The third-order valence-corrected chi connectivity index (χ3v) is 4.69. The fraction of sp³-hybridized carbons (Fsp3) is 0.312. The van der Waals surface area contributed by atoms with Gasteiger partial charge in [0.2, 0.25) is 5.91 Å². The molecule has 2 nitrogen and oxygen atoms in total. The minimum Gasteiger partial charge on any atom is -0.350 e. The Hall–Kier alpha value is -1.26. The van der Waals surface area contributed by atoms with Gasteiger partial charge in [0.05, 0.1) is 6.04 Å². The molecule has 4 heteroatoms. The molecule has 1 N–H and O–H groups in total. The fourth-order valence-corrected chi connectivity index (χ4v) is 3.09. The lowest BCUT2D eigenvalue weighted by molar-refractivity contribution is -0.121. The zero-order valence-electron chi connectivity index (χ0n) is 11.8. The summed E-state index contributed by atoms with van der Waals surface area (Å²) in [4.78, 5) is 13.2. The molecule has 0 saturated heterocycles. The molecular weight excluding hydrogens is 286 g/mol. The van der Waals surface area contributed by atoms with Crippen molar-refractivity contribution < 1.29 is 4.79 Å². The quantitative estimate of drug-likeness (QED) is 0.807. The van der Waals surface area contributed by atoms with Gasteiger partial charge in [-0.2, -0.15) is 11.3 Å². The van der Waals surface area contributed by atoms with Crippen LogP contribution in [0.15, 0.2) is 46.0 Å². The van der Waals surface area contributed by atoms with Crippen LogP contribution in [0.1, 0.15) is 30.5 Å². The second-order valence-electron chi connectivity index (χ2n) is 4.69. The zero-order valence-corrected chi connectivity index (χ0v) is 13.4. The van der Waals surface area contributed by atoms with Gasteiger partial charge in [-0.05, 0) is 59.7 Å². The molecule has 0 spiro atoms. The lowest BCUT2D eigenvalue weighted by atomic mass is 10.1. The van der Waals surface area contributed by atoms with Crippen molar-refractivity contribution in [2.45, 2.75) is 30.7 Å². The van der Waals surface area contributed by atoms with Gasteiger partial charge in [-0.3, -0.25) is 4.79 Å². The smallest absolute Gasteiger partial charge is 0.220 e. The van der Waals surface area contributed by atoms with Crippen molar-refractivity contribution in [2.75, 3.05) is 6.26 Å². The number of amides is 1. The number of carbonyl (C=O) groups is 1. The molecule has 1 unspecified atom stereocenters. The topological polar surface area (TPSA) is 29.1 Å². The molecule has 1 atom stereocenters. The van der Waals surface area contributed by atoms with E-state index in [0.717, 1.165) is 12.0 Å². The molecule has 0 radical (unpaired) electrons. The van der Waals surface area contributed by atoms with Crippen LogP contribution in [0.25, 0.3) is 0 Å². The Morgan fingerprint density at radius 3 is 2.65 bits per heavy atom. The van der Waals surface area contributed by atoms with Crippen LogP contribution in [-0.2, 0) is 11.2 Å². The number of thioether (sulfide) groups is 1. The predicted octanol–water partition coefficient (Wildman–Crippen LogP) is 4.28. The predicted molar refractivity (Wildman–Crippen MR) is 87.4 cm³/mol. The molecule has 0 aliphatic heterocycles. The summed E-state index contributed by atoms with van der Waals surface area (Å²) < 4.78 is 0. The Morgan fingerprint density at radius 2 is 2.05 bits per heavy atom. The Bertz CT molecular complexity index is 534. The summed E-state index contributed by atoms with van der Waals surface area (Å²) >= 11 is 3.40. The molecule has 0 saturated carbocycles. The van der Waals surface area contributed by atoms with E-state index in [1.807, 2.05) is 12.3 Å². The van der Waals surface area contributed by atoms with Gasteiger partial charge in [-0.1, -0.05) is 12.1 Å². The highest BCUT2D eigenvalue weighted by molar-refractivity contribution is 7.98. The highest BCUT2D eigenvalue weighted by Crippen LogP contribution is 2.19. The summed E-state index contributed by atoms with van der Waals surface area (Å²) in [5.41, 5.74) is 2.38. The van der Waals surface area contributed by atoms with Crippen molar-refractivity contribution in [3.05, 3.63) is 52.2 Å². The van der Waals surface area contributed by atoms with Gasteiger partial charge in [0.1, 0.15) is 0 Å². The molecule has 0 aliphatic rings. The SMILES string of the molecule is CSc1ccc(C(C)NC(=O)CCc2ccsc2)cc1. The van der Waals surface area contributed by atoms with Crippen molar-refractivity contribution in [2.24, 2.45) is 0 Å². The monoisotopic (exact) mass is 305 g/mol. The molecule has 0 aliphatic carbocycles. The van der Waals surface area contributed by atoms with Crippen LogP contribution in [-0.4, -0.2) is 12.2 Å². The number of hydrogen-bond donors (Lipinski definition) is 1. The molecular formula is C16H19NOS2. The van der Waals surface area contributed by atoms with Crippen LogP contribution in [0.2, 0.25) is 0 Å². The molecule has 0 fully saturated rings. The van der Waals surface area contributed by atoms with E-state index in [1.165, 1.54) is 10.5 Å². The van der Waals surface area contributed by atoms with Crippen LogP contribution in [0, 0.1) is 0 Å². The van der Waals surface area contributed by atoms with E-state index in [1.54, 1.807) is 23.1 Å². The summed E-state index contributed by atoms with van der Waals surface area (Å²) in [7, 11) is 0. The maximum atomic E-state index is 11.9. The molecule has 106 valence electrons. The number of nitrogens with one attached hydrogen (secondary N) is 1. The second kappa shape index (κ2) is 7.50. The Kier molecular flexibility index (Phi) is 5.68. The largest absolute Gasteiger partial charge is 0.350 e. The molecule has 20 heavy (non-hydrogen) atoms. The number of hydrogen-bond acceptors (Lipinski definition) is 3. The van der Waals surface area contributed by atoms with Crippen LogP contribution in [0.3, 0.4) is 0 Å². The fourth-order valence-electron chi connectivity index (χ4n) is 1.98. The first kappa shape index (κ1) is 15.1. The standard InChI is InChI=1S/C16H19NOS2/c1-12(14-4-6-15(19-2)7-5-14)17-16(18)8-3-13-9-10-20-11-13/h4-7,9-12H,3,8H2,1-2H3,(H,17,18). The molecule has 1 aromatic carbocycles. The van der Waals surface area contributed by atoms with E-state index in [0.29, 0.717) is 6.42 Å². The van der Waals surface area contributed by atoms with E-state index >= 15 is 0 Å². The first-order valence-electron chi connectivity index (χ1n) is 6.63. The number of carbonyl (C=O) groups excluding carboxylic acids is 1.